The molecule has 0 radical (unpaired) electrons. The van der Waals surface area contributed by atoms with Crippen molar-refractivity contribution in [3.05, 3.63) is 35.3 Å². The molecule has 14 heavy (non-hydrogen) atoms. The van der Waals surface area contributed by atoms with E-state index in [0.717, 1.165) is 0 Å². The molecule has 3 nitrogen and oxygen atoms in total. The minimum atomic E-state index is -1.14. The van der Waals surface area contributed by atoms with Crippen molar-refractivity contribution in [2.75, 3.05) is 0 Å². The summed E-state index contributed by atoms with van der Waals surface area (Å²) in [5.74, 6) is -1.68. The van der Waals surface area contributed by atoms with Crippen molar-refractivity contribution in [3.8, 4) is 0 Å². The Hall–Kier alpha value is -1.84. The maximum atomic E-state index is 12.8. The van der Waals surface area contributed by atoms with E-state index in [-0.39, 0.29) is 5.76 Å². The fourth-order valence-electron chi connectivity index (χ4n) is 1.40. The normalized spacial score (nSPS) is 10.7. The first-order chi connectivity index (χ1) is 6.59. The number of carboxylic acids is 1. The zero-order chi connectivity index (χ0) is 10.3. The number of rotatable bonds is 1. The van der Waals surface area contributed by atoms with Crippen LogP contribution in [0.15, 0.2) is 22.6 Å². The summed E-state index contributed by atoms with van der Waals surface area (Å²) in [5.41, 5.74) is 0.841. The minimum Gasteiger partial charge on any atom is -0.475 e. The second-order valence-corrected chi connectivity index (χ2v) is 3.00. The molecule has 2 aromatic rings. The molecule has 1 aromatic heterocycles. The average Bonchev–Trinajstić information content (AvgIpc) is 2.44. The number of carboxylic acid groups (broad SMARTS) is 1. The predicted octanol–water partition coefficient (Wildman–Crippen LogP) is 2.58. The SMILES string of the molecule is Cc1c(C(=O)O)oc2ccc(F)cc12. The zero-order valence-electron chi connectivity index (χ0n) is 7.37. The van der Waals surface area contributed by atoms with Crippen LogP contribution in [-0.2, 0) is 0 Å². The molecular weight excluding hydrogens is 187 g/mol. The van der Waals surface area contributed by atoms with E-state index in [1.54, 1.807) is 6.92 Å². The second kappa shape index (κ2) is 2.83. The van der Waals surface area contributed by atoms with E-state index in [9.17, 15) is 9.18 Å². The molecule has 72 valence electrons. The highest BCUT2D eigenvalue weighted by Gasteiger charge is 2.16. The number of aromatic carboxylic acids is 1. The van der Waals surface area contributed by atoms with Gasteiger partial charge in [-0.1, -0.05) is 0 Å². The molecule has 0 saturated carbocycles. The Bertz CT molecular complexity index is 513. The van der Waals surface area contributed by atoms with Gasteiger partial charge in [-0.25, -0.2) is 9.18 Å². The smallest absolute Gasteiger partial charge is 0.372 e. The van der Waals surface area contributed by atoms with Crippen LogP contribution in [0.4, 0.5) is 4.39 Å². The first-order valence-electron chi connectivity index (χ1n) is 4.01. The van der Waals surface area contributed by atoms with Crippen molar-refractivity contribution in [2.24, 2.45) is 0 Å². The molecule has 0 bridgehead atoms. The molecule has 0 saturated heterocycles. The molecule has 0 aliphatic rings. The molecule has 4 heteroatoms. The van der Waals surface area contributed by atoms with Crippen molar-refractivity contribution in [1.82, 2.24) is 0 Å². The molecule has 2 rings (SSSR count). The van der Waals surface area contributed by atoms with E-state index in [1.165, 1.54) is 18.2 Å². The van der Waals surface area contributed by atoms with Gasteiger partial charge in [-0.2, -0.15) is 0 Å². The van der Waals surface area contributed by atoms with Crippen LogP contribution in [0.1, 0.15) is 16.1 Å². The second-order valence-electron chi connectivity index (χ2n) is 3.00. The quantitative estimate of drug-likeness (QED) is 0.758. The van der Waals surface area contributed by atoms with E-state index in [0.29, 0.717) is 16.5 Å². The lowest BCUT2D eigenvalue weighted by Gasteiger charge is -1.89. The summed E-state index contributed by atoms with van der Waals surface area (Å²) in [5, 5.41) is 9.25. The number of aryl methyl sites for hydroxylation is 1. The summed E-state index contributed by atoms with van der Waals surface area (Å²) in [6.45, 7) is 1.59. The van der Waals surface area contributed by atoms with Crippen LogP contribution in [0.5, 0.6) is 0 Å². The third kappa shape index (κ3) is 1.16. The fraction of sp³-hybridized carbons (Fsp3) is 0.100. The van der Waals surface area contributed by atoms with Gasteiger partial charge in [0.05, 0.1) is 0 Å². The maximum absolute atomic E-state index is 12.8. The van der Waals surface area contributed by atoms with Gasteiger partial charge in [-0.05, 0) is 25.1 Å². The van der Waals surface area contributed by atoms with Gasteiger partial charge in [0.1, 0.15) is 11.4 Å². The Balaban J connectivity index is 2.80. The topological polar surface area (TPSA) is 50.4 Å². The number of hydrogen-bond acceptors (Lipinski definition) is 2. The molecule has 1 N–H and O–H groups in total. The van der Waals surface area contributed by atoms with Crippen molar-refractivity contribution in [1.29, 1.82) is 0 Å². The third-order valence-corrected chi connectivity index (χ3v) is 2.09. The molecule has 0 amide bonds. The van der Waals surface area contributed by atoms with Gasteiger partial charge in [0, 0.05) is 10.9 Å². The van der Waals surface area contributed by atoms with Crippen LogP contribution in [0, 0.1) is 12.7 Å². The molecule has 0 aliphatic heterocycles. The zero-order valence-corrected chi connectivity index (χ0v) is 7.37. The van der Waals surface area contributed by atoms with Gasteiger partial charge in [0.2, 0.25) is 5.76 Å². The molecule has 0 aliphatic carbocycles. The van der Waals surface area contributed by atoms with E-state index in [2.05, 4.69) is 0 Å². The number of carbonyl (C=O) groups is 1. The highest BCUT2D eigenvalue weighted by Crippen LogP contribution is 2.25. The number of hydrogen-bond donors (Lipinski definition) is 1. The molecule has 1 heterocycles. The van der Waals surface area contributed by atoms with Gasteiger partial charge in [-0.15, -0.1) is 0 Å². The lowest BCUT2D eigenvalue weighted by molar-refractivity contribution is 0.0664. The first kappa shape index (κ1) is 8.74. The molecule has 0 spiro atoms. The Kier molecular flexibility index (Phi) is 1.77. The number of fused-ring (bicyclic) bond motifs is 1. The van der Waals surface area contributed by atoms with Crippen LogP contribution in [-0.4, -0.2) is 11.1 Å². The first-order valence-corrected chi connectivity index (χ1v) is 4.01. The van der Waals surface area contributed by atoms with Crippen molar-refractivity contribution >= 4 is 16.9 Å². The monoisotopic (exact) mass is 194 g/mol. The Morgan fingerprint density at radius 3 is 2.86 bits per heavy atom. The number of halogens is 1. The van der Waals surface area contributed by atoms with Crippen LogP contribution >= 0.6 is 0 Å². The van der Waals surface area contributed by atoms with Crippen molar-refractivity contribution in [2.45, 2.75) is 6.92 Å². The standard InChI is InChI=1S/C10H7FO3/c1-5-7-4-6(11)2-3-8(7)14-9(5)10(12)13/h2-4H,1H3,(H,12,13). The maximum Gasteiger partial charge on any atom is 0.372 e. The molecule has 0 atom stereocenters. The highest BCUT2D eigenvalue weighted by atomic mass is 19.1. The Labute approximate surface area is 78.8 Å². The van der Waals surface area contributed by atoms with Crippen molar-refractivity contribution in [3.63, 3.8) is 0 Å². The molecule has 1 aromatic carbocycles. The van der Waals surface area contributed by atoms with Gasteiger partial charge in [0.15, 0.2) is 0 Å². The number of benzene rings is 1. The largest absolute Gasteiger partial charge is 0.475 e. The van der Waals surface area contributed by atoms with Gasteiger partial charge in [0.25, 0.3) is 0 Å². The summed E-state index contributed by atoms with van der Waals surface area (Å²) >= 11 is 0. The van der Waals surface area contributed by atoms with Crippen molar-refractivity contribution < 1.29 is 18.7 Å². The highest BCUT2D eigenvalue weighted by molar-refractivity contribution is 5.94. The van der Waals surface area contributed by atoms with Gasteiger partial charge >= 0.3 is 5.97 Å². The van der Waals surface area contributed by atoms with Crippen LogP contribution in [0.3, 0.4) is 0 Å². The fourth-order valence-corrected chi connectivity index (χ4v) is 1.40. The van der Waals surface area contributed by atoms with E-state index >= 15 is 0 Å². The lowest BCUT2D eigenvalue weighted by Crippen LogP contribution is -1.95. The van der Waals surface area contributed by atoms with E-state index in [4.69, 9.17) is 9.52 Å². The minimum absolute atomic E-state index is 0.134. The molecule has 0 unspecified atom stereocenters. The summed E-state index contributed by atoms with van der Waals surface area (Å²) in [4.78, 5) is 10.7. The third-order valence-electron chi connectivity index (χ3n) is 2.09. The lowest BCUT2D eigenvalue weighted by atomic mass is 10.1. The van der Waals surface area contributed by atoms with Crippen LogP contribution < -0.4 is 0 Å². The summed E-state index contributed by atoms with van der Waals surface area (Å²) < 4.78 is 17.9. The van der Waals surface area contributed by atoms with Gasteiger partial charge < -0.3 is 9.52 Å². The summed E-state index contributed by atoms with van der Waals surface area (Å²) in [7, 11) is 0. The number of furan rings is 1. The Morgan fingerprint density at radius 2 is 2.21 bits per heavy atom. The van der Waals surface area contributed by atoms with E-state index in [1.807, 2.05) is 0 Å². The molecule has 0 fully saturated rings. The predicted molar refractivity (Wildman–Crippen MR) is 47.9 cm³/mol. The van der Waals surface area contributed by atoms with Gasteiger partial charge in [-0.3, -0.25) is 0 Å². The van der Waals surface area contributed by atoms with Crippen LogP contribution in [0.2, 0.25) is 0 Å². The Morgan fingerprint density at radius 1 is 1.50 bits per heavy atom. The summed E-state index contributed by atoms with van der Waals surface area (Å²) in [6.07, 6.45) is 0. The van der Waals surface area contributed by atoms with E-state index < -0.39 is 11.8 Å². The summed E-state index contributed by atoms with van der Waals surface area (Å²) in [6, 6.07) is 3.92. The molecular formula is C10H7FO3. The van der Waals surface area contributed by atoms with Crippen LogP contribution in [0.25, 0.3) is 11.0 Å². The average molecular weight is 194 g/mol.